The van der Waals surface area contributed by atoms with Crippen molar-refractivity contribution in [2.75, 3.05) is 11.9 Å². The van der Waals surface area contributed by atoms with Gasteiger partial charge in [-0.05, 0) is 25.5 Å². The van der Waals surface area contributed by atoms with Gasteiger partial charge < -0.3 is 5.32 Å². The Bertz CT molecular complexity index is 546. The number of aromatic nitrogens is 2. The Hall–Kier alpha value is -1.26. The molecule has 1 aromatic carbocycles. The molecule has 18 heavy (non-hydrogen) atoms. The van der Waals surface area contributed by atoms with Crippen LogP contribution in [0.1, 0.15) is 12.5 Å². The fourth-order valence-electron chi connectivity index (χ4n) is 1.44. The molecular weight excluding hydrogens is 266 g/mol. The van der Waals surface area contributed by atoms with Crippen molar-refractivity contribution in [3.05, 3.63) is 41.0 Å². The van der Waals surface area contributed by atoms with Crippen LogP contribution in [0, 0.1) is 6.92 Å². The summed E-state index contributed by atoms with van der Waals surface area (Å²) in [5.74, 6) is 0.609. The van der Waals surface area contributed by atoms with Crippen LogP contribution in [0.3, 0.4) is 0 Å². The van der Waals surface area contributed by atoms with Gasteiger partial charge in [-0.2, -0.15) is 0 Å². The summed E-state index contributed by atoms with van der Waals surface area (Å²) in [5.41, 5.74) is 1.21. The molecule has 0 atom stereocenters. The van der Waals surface area contributed by atoms with Gasteiger partial charge in [0.1, 0.15) is 5.03 Å². The Kier molecular flexibility index (Phi) is 4.44. The zero-order valence-electron chi connectivity index (χ0n) is 10.3. The molecule has 0 radical (unpaired) electrons. The SMILES string of the molecule is CCNc1ncc(Cl)c(Sc2ccccc2C)n1. The quantitative estimate of drug-likeness (QED) is 0.858. The van der Waals surface area contributed by atoms with E-state index in [1.165, 1.54) is 5.56 Å². The molecule has 0 saturated carbocycles. The number of hydrogen-bond acceptors (Lipinski definition) is 4. The molecular formula is C13H14ClN3S. The smallest absolute Gasteiger partial charge is 0.223 e. The van der Waals surface area contributed by atoms with Crippen molar-refractivity contribution >= 4 is 29.3 Å². The maximum absolute atomic E-state index is 6.13. The molecule has 0 spiro atoms. The molecule has 1 N–H and O–H groups in total. The average Bonchev–Trinajstić information content (AvgIpc) is 2.36. The van der Waals surface area contributed by atoms with Gasteiger partial charge in [-0.3, -0.25) is 0 Å². The minimum atomic E-state index is 0.574. The molecule has 1 heterocycles. The van der Waals surface area contributed by atoms with Gasteiger partial charge in [0, 0.05) is 11.4 Å². The number of nitrogens with zero attached hydrogens (tertiary/aromatic N) is 2. The monoisotopic (exact) mass is 279 g/mol. The summed E-state index contributed by atoms with van der Waals surface area (Å²) in [6.07, 6.45) is 1.63. The zero-order valence-corrected chi connectivity index (χ0v) is 11.8. The van der Waals surface area contributed by atoms with E-state index in [9.17, 15) is 0 Å². The standard InChI is InChI=1S/C13H14ClN3S/c1-3-15-13-16-8-10(14)12(17-13)18-11-7-5-4-6-9(11)2/h4-8H,3H2,1-2H3,(H,15,16,17). The third kappa shape index (κ3) is 3.15. The van der Waals surface area contributed by atoms with E-state index in [1.807, 2.05) is 19.1 Å². The highest BCUT2D eigenvalue weighted by atomic mass is 35.5. The maximum Gasteiger partial charge on any atom is 0.223 e. The lowest BCUT2D eigenvalue weighted by Crippen LogP contribution is -2.02. The van der Waals surface area contributed by atoms with E-state index in [2.05, 4.69) is 34.3 Å². The van der Waals surface area contributed by atoms with Gasteiger partial charge in [-0.15, -0.1) is 0 Å². The Balaban J connectivity index is 2.28. The third-order valence-corrected chi connectivity index (χ3v) is 3.92. The van der Waals surface area contributed by atoms with E-state index in [4.69, 9.17) is 11.6 Å². The van der Waals surface area contributed by atoms with Crippen LogP contribution >= 0.6 is 23.4 Å². The lowest BCUT2D eigenvalue weighted by Gasteiger charge is -2.08. The third-order valence-electron chi connectivity index (χ3n) is 2.35. The first-order valence-corrected chi connectivity index (χ1v) is 6.90. The van der Waals surface area contributed by atoms with Crippen LogP contribution < -0.4 is 5.32 Å². The van der Waals surface area contributed by atoms with Crippen molar-refractivity contribution in [1.29, 1.82) is 0 Å². The molecule has 3 nitrogen and oxygen atoms in total. The highest BCUT2D eigenvalue weighted by Crippen LogP contribution is 2.33. The van der Waals surface area contributed by atoms with Crippen LogP contribution in [-0.2, 0) is 0 Å². The number of nitrogens with one attached hydrogen (secondary N) is 1. The summed E-state index contributed by atoms with van der Waals surface area (Å²) in [7, 11) is 0. The summed E-state index contributed by atoms with van der Waals surface area (Å²) in [4.78, 5) is 9.69. The van der Waals surface area contributed by atoms with Crippen molar-refractivity contribution in [2.45, 2.75) is 23.8 Å². The van der Waals surface area contributed by atoms with E-state index >= 15 is 0 Å². The summed E-state index contributed by atoms with van der Waals surface area (Å²) in [5, 5.41) is 4.43. The largest absolute Gasteiger partial charge is 0.354 e. The second-order valence-electron chi connectivity index (χ2n) is 3.74. The van der Waals surface area contributed by atoms with Gasteiger partial charge in [0.2, 0.25) is 5.95 Å². The Morgan fingerprint density at radius 3 is 2.83 bits per heavy atom. The molecule has 94 valence electrons. The van der Waals surface area contributed by atoms with Crippen LogP contribution in [0.4, 0.5) is 5.95 Å². The van der Waals surface area contributed by atoms with E-state index in [-0.39, 0.29) is 0 Å². The van der Waals surface area contributed by atoms with E-state index in [1.54, 1.807) is 18.0 Å². The van der Waals surface area contributed by atoms with Crippen LogP contribution in [0.2, 0.25) is 5.02 Å². The number of anilines is 1. The first kappa shape index (κ1) is 13.2. The topological polar surface area (TPSA) is 37.8 Å². The van der Waals surface area contributed by atoms with Gasteiger partial charge in [0.05, 0.1) is 11.2 Å². The number of rotatable bonds is 4. The van der Waals surface area contributed by atoms with Crippen molar-refractivity contribution in [1.82, 2.24) is 9.97 Å². The number of benzene rings is 1. The lowest BCUT2D eigenvalue weighted by atomic mass is 10.2. The molecule has 0 fully saturated rings. The molecule has 2 aromatic rings. The average molecular weight is 280 g/mol. The van der Waals surface area contributed by atoms with E-state index in [0.29, 0.717) is 11.0 Å². The fourth-order valence-corrected chi connectivity index (χ4v) is 2.51. The fraction of sp³-hybridized carbons (Fsp3) is 0.231. The van der Waals surface area contributed by atoms with E-state index < -0.39 is 0 Å². The first-order valence-electron chi connectivity index (χ1n) is 5.70. The molecule has 0 aliphatic carbocycles. The van der Waals surface area contributed by atoms with Gasteiger partial charge in [-0.25, -0.2) is 9.97 Å². The minimum Gasteiger partial charge on any atom is -0.354 e. The molecule has 0 aliphatic heterocycles. The molecule has 0 aliphatic rings. The highest BCUT2D eigenvalue weighted by Gasteiger charge is 2.08. The number of hydrogen-bond donors (Lipinski definition) is 1. The van der Waals surface area contributed by atoms with Crippen molar-refractivity contribution in [3.63, 3.8) is 0 Å². The predicted octanol–water partition coefficient (Wildman–Crippen LogP) is 4.02. The maximum atomic E-state index is 6.13. The molecule has 0 saturated heterocycles. The second kappa shape index (κ2) is 6.07. The summed E-state index contributed by atoms with van der Waals surface area (Å²) in [6.45, 7) is 4.87. The van der Waals surface area contributed by atoms with Gasteiger partial charge >= 0.3 is 0 Å². The second-order valence-corrected chi connectivity index (χ2v) is 5.18. The van der Waals surface area contributed by atoms with Crippen LogP contribution in [0.15, 0.2) is 40.4 Å². The normalized spacial score (nSPS) is 10.4. The van der Waals surface area contributed by atoms with Gasteiger partial charge in [0.25, 0.3) is 0 Å². The Labute approximate surface area is 116 Å². The molecule has 5 heteroatoms. The molecule has 0 amide bonds. The molecule has 0 bridgehead atoms. The minimum absolute atomic E-state index is 0.574. The Morgan fingerprint density at radius 1 is 1.33 bits per heavy atom. The first-order chi connectivity index (χ1) is 8.70. The number of halogens is 1. The summed E-state index contributed by atoms with van der Waals surface area (Å²) in [6, 6.07) is 8.16. The lowest BCUT2D eigenvalue weighted by molar-refractivity contribution is 1.01. The predicted molar refractivity (Wildman–Crippen MR) is 76.5 cm³/mol. The molecule has 0 unspecified atom stereocenters. The zero-order chi connectivity index (χ0) is 13.0. The molecule has 1 aromatic heterocycles. The highest BCUT2D eigenvalue weighted by molar-refractivity contribution is 7.99. The van der Waals surface area contributed by atoms with E-state index in [0.717, 1.165) is 16.5 Å². The van der Waals surface area contributed by atoms with Crippen molar-refractivity contribution in [2.24, 2.45) is 0 Å². The summed E-state index contributed by atoms with van der Waals surface area (Å²) >= 11 is 7.68. The van der Waals surface area contributed by atoms with Crippen LogP contribution in [-0.4, -0.2) is 16.5 Å². The van der Waals surface area contributed by atoms with Gasteiger partial charge in [0.15, 0.2) is 0 Å². The van der Waals surface area contributed by atoms with Crippen LogP contribution in [0.5, 0.6) is 0 Å². The number of aryl methyl sites for hydroxylation is 1. The van der Waals surface area contributed by atoms with Gasteiger partial charge in [-0.1, -0.05) is 41.6 Å². The summed E-state index contributed by atoms with van der Waals surface area (Å²) < 4.78 is 0. The van der Waals surface area contributed by atoms with Crippen LogP contribution in [0.25, 0.3) is 0 Å². The Morgan fingerprint density at radius 2 is 2.11 bits per heavy atom. The van der Waals surface area contributed by atoms with Crippen molar-refractivity contribution in [3.8, 4) is 0 Å². The van der Waals surface area contributed by atoms with Crippen molar-refractivity contribution < 1.29 is 0 Å². The molecule has 2 rings (SSSR count).